The van der Waals surface area contributed by atoms with Gasteiger partial charge in [0.25, 0.3) is 0 Å². The van der Waals surface area contributed by atoms with E-state index in [1.807, 2.05) is 13.8 Å². The second kappa shape index (κ2) is 8.40. The van der Waals surface area contributed by atoms with Crippen LogP contribution < -0.4 is 11.1 Å². The molecular weight excluding hydrogens is 392 g/mol. The molecule has 4 N–H and O–H groups in total. The summed E-state index contributed by atoms with van der Waals surface area (Å²) in [6, 6.07) is 0. The maximum atomic E-state index is 9.06. The molecule has 8 nitrogen and oxygen atoms in total. The van der Waals surface area contributed by atoms with Gasteiger partial charge in [-0.3, -0.25) is 0 Å². The van der Waals surface area contributed by atoms with Crippen molar-refractivity contribution in [2.75, 3.05) is 30.0 Å². The molecule has 150 valence electrons. The number of hydrogen-bond acceptors (Lipinski definition) is 9. The summed E-state index contributed by atoms with van der Waals surface area (Å²) in [5, 5.41) is 13.1. The molecule has 0 unspecified atom stereocenters. The lowest BCUT2D eigenvalue weighted by atomic mass is 10.2. The summed E-state index contributed by atoms with van der Waals surface area (Å²) < 4.78 is 17.7. The molecule has 0 aromatic carbocycles. The number of thioether (sulfide) groups is 1. The highest BCUT2D eigenvalue weighted by Crippen LogP contribution is 2.43. The molecule has 0 amide bonds. The van der Waals surface area contributed by atoms with Crippen molar-refractivity contribution < 1.29 is 19.3 Å². The van der Waals surface area contributed by atoms with Crippen LogP contribution in [0.3, 0.4) is 0 Å². The van der Waals surface area contributed by atoms with Gasteiger partial charge in [0, 0.05) is 26.0 Å². The zero-order valence-corrected chi connectivity index (χ0v) is 17.2. The second-order valence-corrected chi connectivity index (χ2v) is 8.17. The normalized spacial score (nSPS) is 23.4. The molecule has 0 saturated carbocycles. The molecular formula is C17H25ClN4O4S. The fourth-order valence-corrected chi connectivity index (χ4v) is 3.89. The van der Waals surface area contributed by atoms with Crippen LogP contribution in [0.2, 0.25) is 5.15 Å². The molecule has 3 rings (SSSR count). The van der Waals surface area contributed by atoms with E-state index >= 15 is 0 Å². The molecule has 0 bridgehead atoms. The smallest absolute Gasteiger partial charge is 0.205 e. The molecule has 2 heterocycles. The highest BCUT2D eigenvalue weighted by atomic mass is 35.5. The van der Waals surface area contributed by atoms with Crippen molar-refractivity contribution in [3.63, 3.8) is 0 Å². The molecule has 0 spiro atoms. The fourth-order valence-electron chi connectivity index (χ4n) is 2.97. The topological polar surface area (TPSA) is 112 Å². The van der Waals surface area contributed by atoms with Gasteiger partial charge >= 0.3 is 0 Å². The molecule has 10 heteroatoms. The number of hydrogen-bond donors (Lipinski definition) is 3. The zero-order chi connectivity index (χ0) is 19.6. The lowest BCUT2D eigenvalue weighted by Crippen LogP contribution is -2.30. The van der Waals surface area contributed by atoms with Gasteiger partial charge in [-0.1, -0.05) is 30.3 Å². The summed E-state index contributed by atoms with van der Waals surface area (Å²) in [5.41, 5.74) is 7.13. The predicted octanol–water partition coefficient (Wildman–Crippen LogP) is 2.77. The Bertz CT molecular complexity index is 731. The van der Waals surface area contributed by atoms with E-state index in [0.717, 1.165) is 17.9 Å². The molecule has 0 radical (unpaired) electrons. The van der Waals surface area contributed by atoms with Gasteiger partial charge in [-0.05, 0) is 6.42 Å². The third-order valence-electron chi connectivity index (χ3n) is 4.07. The van der Waals surface area contributed by atoms with Crippen LogP contribution in [-0.2, 0) is 14.2 Å². The van der Waals surface area contributed by atoms with Crippen LogP contribution in [0.5, 0.6) is 0 Å². The van der Waals surface area contributed by atoms with Gasteiger partial charge in [-0.25, -0.2) is 9.97 Å². The molecule has 1 saturated heterocycles. The summed E-state index contributed by atoms with van der Waals surface area (Å²) in [6.45, 7) is 5.94. The first kappa shape index (κ1) is 20.5. The lowest BCUT2D eigenvalue weighted by molar-refractivity contribution is -0.157. The molecule has 1 aliphatic heterocycles. The SMILES string of the molecule is CCCSc1nc(Cl)c(N)c(NC2=C3OC(C)(C)O[C@@H]3[C@@H](OCCO)C2)n1. The van der Waals surface area contributed by atoms with Gasteiger partial charge in [-0.15, -0.1) is 0 Å². The Balaban J connectivity index is 1.85. The van der Waals surface area contributed by atoms with Crippen molar-refractivity contribution in [2.24, 2.45) is 0 Å². The number of anilines is 2. The fraction of sp³-hybridized carbons (Fsp3) is 0.647. The van der Waals surface area contributed by atoms with Crippen molar-refractivity contribution in [1.82, 2.24) is 9.97 Å². The standard InChI is InChI=1S/C17H25ClN4O4S/c1-4-7-27-16-21-14(18)11(19)15(22-16)20-9-8-10(24-6-5-23)13-12(9)25-17(2,3)26-13/h10,13,23H,4-8,19H2,1-3H3,(H,20,21,22)/t10-,13+/m0/s1. The molecule has 1 aromatic rings. The largest absolute Gasteiger partial charge is 0.463 e. The van der Waals surface area contributed by atoms with Gasteiger partial charge in [0.2, 0.25) is 5.79 Å². The summed E-state index contributed by atoms with van der Waals surface area (Å²) >= 11 is 7.70. The van der Waals surface area contributed by atoms with E-state index in [-0.39, 0.29) is 36.3 Å². The van der Waals surface area contributed by atoms with Crippen molar-refractivity contribution in [3.8, 4) is 0 Å². The maximum absolute atomic E-state index is 9.06. The third kappa shape index (κ3) is 4.60. The van der Waals surface area contributed by atoms with Crippen LogP contribution in [0.15, 0.2) is 16.6 Å². The first-order valence-electron chi connectivity index (χ1n) is 8.89. The molecule has 27 heavy (non-hydrogen) atoms. The van der Waals surface area contributed by atoms with Crippen molar-refractivity contribution in [2.45, 2.75) is 56.8 Å². The minimum atomic E-state index is -0.759. The summed E-state index contributed by atoms with van der Waals surface area (Å²) in [7, 11) is 0. The van der Waals surface area contributed by atoms with Crippen LogP contribution in [0.25, 0.3) is 0 Å². The van der Waals surface area contributed by atoms with E-state index in [4.69, 9.17) is 36.7 Å². The Labute approximate surface area is 167 Å². The van der Waals surface area contributed by atoms with Gasteiger partial charge in [0.1, 0.15) is 11.8 Å². The second-order valence-electron chi connectivity index (χ2n) is 6.75. The van der Waals surface area contributed by atoms with E-state index < -0.39 is 5.79 Å². The van der Waals surface area contributed by atoms with Gasteiger partial charge in [-0.2, -0.15) is 0 Å². The van der Waals surface area contributed by atoms with Crippen LogP contribution in [0.4, 0.5) is 11.5 Å². The summed E-state index contributed by atoms with van der Waals surface area (Å²) in [6.07, 6.45) is 0.916. The molecule has 2 atom stereocenters. The Hall–Kier alpha value is -1.26. The number of halogens is 1. The highest BCUT2D eigenvalue weighted by molar-refractivity contribution is 7.99. The number of nitrogens with two attached hydrogens (primary N) is 1. The highest BCUT2D eigenvalue weighted by Gasteiger charge is 2.49. The number of aliphatic hydroxyl groups is 1. The molecule has 2 aliphatic rings. The van der Waals surface area contributed by atoms with Crippen molar-refractivity contribution in [1.29, 1.82) is 0 Å². The summed E-state index contributed by atoms with van der Waals surface area (Å²) in [4.78, 5) is 8.71. The molecule has 1 aliphatic carbocycles. The number of nitrogens with zero attached hydrogens (tertiary/aromatic N) is 2. The number of ether oxygens (including phenoxy) is 3. The number of aromatic nitrogens is 2. The van der Waals surface area contributed by atoms with E-state index in [9.17, 15) is 0 Å². The lowest BCUT2D eigenvalue weighted by Gasteiger charge is -2.22. The van der Waals surface area contributed by atoms with Crippen LogP contribution in [-0.4, -0.2) is 52.0 Å². The first-order chi connectivity index (χ1) is 12.8. The van der Waals surface area contributed by atoms with Crippen LogP contribution >= 0.6 is 23.4 Å². The monoisotopic (exact) mass is 416 g/mol. The maximum Gasteiger partial charge on any atom is 0.205 e. The van der Waals surface area contributed by atoms with Gasteiger partial charge in [0.15, 0.2) is 21.9 Å². The van der Waals surface area contributed by atoms with Gasteiger partial charge in [0.05, 0.1) is 25.0 Å². The molecule has 1 fully saturated rings. The van der Waals surface area contributed by atoms with Crippen LogP contribution in [0, 0.1) is 0 Å². The Kier molecular flexibility index (Phi) is 6.37. The Morgan fingerprint density at radius 1 is 1.44 bits per heavy atom. The zero-order valence-electron chi connectivity index (χ0n) is 15.6. The number of fused-ring (bicyclic) bond motifs is 1. The Morgan fingerprint density at radius 3 is 2.93 bits per heavy atom. The first-order valence-corrected chi connectivity index (χ1v) is 10.3. The molecule has 1 aromatic heterocycles. The van der Waals surface area contributed by atoms with Crippen LogP contribution in [0.1, 0.15) is 33.6 Å². The number of aliphatic hydroxyl groups excluding tert-OH is 1. The minimum absolute atomic E-state index is 0.0575. The predicted molar refractivity (Wildman–Crippen MR) is 105 cm³/mol. The minimum Gasteiger partial charge on any atom is -0.463 e. The number of rotatable bonds is 8. The summed E-state index contributed by atoms with van der Waals surface area (Å²) in [5.74, 6) is 1.23. The van der Waals surface area contributed by atoms with E-state index in [1.54, 1.807) is 0 Å². The van der Waals surface area contributed by atoms with Crippen molar-refractivity contribution >= 4 is 34.9 Å². The Morgan fingerprint density at radius 2 is 2.22 bits per heavy atom. The average molecular weight is 417 g/mol. The quantitative estimate of drug-likeness (QED) is 0.334. The van der Waals surface area contributed by atoms with Crippen molar-refractivity contribution in [3.05, 3.63) is 16.6 Å². The van der Waals surface area contributed by atoms with Gasteiger partial charge < -0.3 is 30.4 Å². The third-order valence-corrected chi connectivity index (χ3v) is 5.41. The number of nitrogens with one attached hydrogen (secondary N) is 1. The van der Waals surface area contributed by atoms with E-state index in [1.165, 1.54) is 11.8 Å². The van der Waals surface area contributed by atoms with E-state index in [2.05, 4.69) is 22.2 Å². The number of nitrogen functional groups attached to an aromatic ring is 1. The average Bonchev–Trinajstić information content (AvgIpc) is 3.09. The van der Waals surface area contributed by atoms with E-state index in [0.29, 0.717) is 23.2 Å².